The number of carbonyl (C=O) groups is 2. The highest BCUT2D eigenvalue weighted by molar-refractivity contribution is 7.12. The average molecular weight is 336 g/mol. The molecule has 1 aromatic heterocycles. The predicted octanol–water partition coefficient (Wildman–Crippen LogP) is 2.38. The molecule has 126 valence electrons. The van der Waals surface area contributed by atoms with Crippen molar-refractivity contribution in [2.24, 2.45) is 0 Å². The number of ether oxygens (including phenoxy) is 1. The number of likely N-dealkylation sites (tertiary alicyclic amines) is 2. The first-order chi connectivity index (χ1) is 11.2. The Morgan fingerprint density at radius 3 is 3.04 bits per heavy atom. The Bertz CT molecular complexity index is 560. The lowest BCUT2D eigenvalue weighted by molar-refractivity contribution is -0.128. The molecule has 1 aromatic rings. The number of carbonyl (C=O) groups excluding carboxylic acids is 2. The lowest BCUT2D eigenvalue weighted by atomic mass is 9.85. The summed E-state index contributed by atoms with van der Waals surface area (Å²) in [6.07, 6.45) is 4.36. The summed E-state index contributed by atoms with van der Waals surface area (Å²) in [5, 5.41) is 1.93. The fourth-order valence-electron chi connectivity index (χ4n) is 3.79. The number of hydrogen-bond donors (Lipinski definition) is 0. The quantitative estimate of drug-likeness (QED) is 0.776. The third-order valence-electron chi connectivity index (χ3n) is 4.92. The summed E-state index contributed by atoms with van der Waals surface area (Å²) in [6.45, 7) is 2.81. The highest BCUT2D eigenvalue weighted by Gasteiger charge is 2.50. The zero-order valence-corrected chi connectivity index (χ0v) is 14.4. The molecule has 1 spiro atoms. The molecule has 3 rings (SSSR count). The third-order valence-corrected chi connectivity index (χ3v) is 5.78. The molecule has 0 N–H and O–H groups in total. The van der Waals surface area contributed by atoms with Gasteiger partial charge in [0.05, 0.1) is 16.8 Å². The smallest absolute Gasteiger partial charge is 0.264 e. The summed E-state index contributed by atoms with van der Waals surface area (Å²) >= 11 is 1.48. The topological polar surface area (TPSA) is 49.9 Å². The average Bonchev–Trinajstić information content (AvgIpc) is 3.17. The first-order valence-electron chi connectivity index (χ1n) is 8.28. The van der Waals surface area contributed by atoms with Gasteiger partial charge in [-0.05, 0) is 37.1 Å². The summed E-state index contributed by atoms with van der Waals surface area (Å²) in [5.41, 5.74) is -0.302. The number of amides is 2. The number of piperidine rings is 1. The van der Waals surface area contributed by atoms with Gasteiger partial charge < -0.3 is 14.5 Å². The molecule has 5 nitrogen and oxygen atoms in total. The Labute approximate surface area is 141 Å². The number of methoxy groups -OCH3 is 1. The zero-order chi connectivity index (χ0) is 16.3. The summed E-state index contributed by atoms with van der Waals surface area (Å²) in [5.74, 6) is 0.262. The molecular weight excluding hydrogens is 312 g/mol. The fraction of sp³-hybridized carbons (Fsp3) is 0.647. The van der Waals surface area contributed by atoms with Gasteiger partial charge in [0.1, 0.15) is 0 Å². The van der Waals surface area contributed by atoms with E-state index in [-0.39, 0.29) is 17.4 Å². The largest absolute Gasteiger partial charge is 0.385 e. The van der Waals surface area contributed by atoms with E-state index in [1.54, 1.807) is 7.11 Å². The SMILES string of the molecule is COCCCN1C[C@]2(CCCCN2C(=O)c2cccs2)CC1=O. The minimum absolute atomic E-state index is 0.0891. The van der Waals surface area contributed by atoms with E-state index in [0.717, 1.165) is 43.6 Å². The van der Waals surface area contributed by atoms with Crippen LogP contribution >= 0.6 is 11.3 Å². The van der Waals surface area contributed by atoms with Crippen LogP contribution in [0, 0.1) is 0 Å². The molecule has 2 saturated heterocycles. The summed E-state index contributed by atoms with van der Waals surface area (Å²) < 4.78 is 5.08. The van der Waals surface area contributed by atoms with Gasteiger partial charge >= 0.3 is 0 Å². The Morgan fingerprint density at radius 1 is 1.43 bits per heavy atom. The molecule has 2 aliphatic heterocycles. The van der Waals surface area contributed by atoms with E-state index in [4.69, 9.17) is 4.74 Å². The maximum atomic E-state index is 12.9. The van der Waals surface area contributed by atoms with E-state index in [9.17, 15) is 9.59 Å². The molecule has 1 atom stereocenters. The van der Waals surface area contributed by atoms with Crippen LogP contribution in [0.5, 0.6) is 0 Å². The van der Waals surface area contributed by atoms with Crippen molar-refractivity contribution in [3.8, 4) is 0 Å². The second-order valence-electron chi connectivity index (χ2n) is 6.45. The monoisotopic (exact) mass is 336 g/mol. The van der Waals surface area contributed by atoms with Gasteiger partial charge in [-0.3, -0.25) is 9.59 Å². The van der Waals surface area contributed by atoms with Crippen LogP contribution in [0.25, 0.3) is 0 Å². The highest BCUT2D eigenvalue weighted by Crippen LogP contribution is 2.38. The van der Waals surface area contributed by atoms with Gasteiger partial charge in [0.2, 0.25) is 5.91 Å². The van der Waals surface area contributed by atoms with Crippen molar-refractivity contribution >= 4 is 23.2 Å². The number of nitrogens with zero attached hydrogens (tertiary/aromatic N) is 2. The van der Waals surface area contributed by atoms with Gasteiger partial charge in [-0.2, -0.15) is 0 Å². The van der Waals surface area contributed by atoms with Crippen LogP contribution in [0.1, 0.15) is 41.8 Å². The van der Waals surface area contributed by atoms with Crippen molar-refractivity contribution in [3.05, 3.63) is 22.4 Å². The molecule has 0 unspecified atom stereocenters. The van der Waals surface area contributed by atoms with Crippen LogP contribution in [0.15, 0.2) is 17.5 Å². The van der Waals surface area contributed by atoms with E-state index in [0.29, 0.717) is 19.6 Å². The highest BCUT2D eigenvalue weighted by atomic mass is 32.1. The number of rotatable bonds is 5. The van der Waals surface area contributed by atoms with Gasteiger partial charge in [-0.25, -0.2) is 0 Å². The molecule has 0 radical (unpaired) electrons. The van der Waals surface area contributed by atoms with E-state index < -0.39 is 0 Å². The van der Waals surface area contributed by atoms with E-state index >= 15 is 0 Å². The van der Waals surface area contributed by atoms with Crippen LogP contribution in [0.4, 0.5) is 0 Å². The maximum absolute atomic E-state index is 12.9. The first-order valence-corrected chi connectivity index (χ1v) is 9.16. The molecule has 6 heteroatoms. The lowest BCUT2D eigenvalue weighted by Crippen LogP contribution is -2.56. The van der Waals surface area contributed by atoms with Crippen molar-refractivity contribution < 1.29 is 14.3 Å². The summed E-state index contributed by atoms with van der Waals surface area (Å²) in [6, 6.07) is 3.79. The fourth-order valence-corrected chi connectivity index (χ4v) is 4.46. The van der Waals surface area contributed by atoms with Crippen molar-refractivity contribution in [2.45, 2.75) is 37.6 Å². The van der Waals surface area contributed by atoms with Gasteiger partial charge in [0.15, 0.2) is 0 Å². The summed E-state index contributed by atoms with van der Waals surface area (Å²) in [7, 11) is 1.68. The van der Waals surface area contributed by atoms with Crippen LogP contribution < -0.4 is 0 Å². The van der Waals surface area contributed by atoms with Crippen LogP contribution in [-0.2, 0) is 9.53 Å². The Balaban J connectivity index is 1.75. The molecule has 0 saturated carbocycles. The molecule has 0 bridgehead atoms. The van der Waals surface area contributed by atoms with Crippen LogP contribution in [0.2, 0.25) is 0 Å². The predicted molar refractivity (Wildman–Crippen MR) is 89.6 cm³/mol. The zero-order valence-electron chi connectivity index (χ0n) is 13.6. The second kappa shape index (κ2) is 7.01. The number of thiophene rings is 1. The molecule has 2 aliphatic rings. The Hall–Kier alpha value is -1.40. The van der Waals surface area contributed by atoms with Crippen molar-refractivity contribution in [2.75, 3.05) is 33.4 Å². The van der Waals surface area contributed by atoms with Gasteiger partial charge in [0, 0.05) is 33.4 Å². The molecule has 23 heavy (non-hydrogen) atoms. The number of hydrogen-bond acceptors (Lipinski definition) is 4. The molecule has 0 aliphatic carbocycles. The molecule has 2 amide bonds. The maximum Gasteiger partial charge on any atom is 0.264 e. The summed E-state index contributed by atoms with van der Waals surface area (Å²) in [4.78, 5) is 30.0. The Morgan fingerprint density at radius 2 is 2.30 bits per heavy atom. The van der Waals surface area contributed by atoms with Crippen LogP contribution in [-0.4, -0.2) is 60.5 Å². The van der Waals surface area contributed by atoms with Gasteiger partial charge in [-0.15, -0.1) is 11.3 Å². The molecule has 3 heterocycles. The van der Waals surface area contributed by atoms with Gasteiger partial charge in [0.25, 0.3) is 5.91 Å². The van der Waals surface area contributed by atoms with E-state index in [1.165, 1.54) is 11.3 Å². The van der Waals surface area contributed by atoms with E-state index in [1.807, 2.05) is 27.3 Å². The molecule has 0 aromatic carbocycles. The third kappa shape index (κ3) is 3.28. The van der Waals surface area contributed by atoms with Crippen molar-refractivity contribution in [3.63, 3.8) is 0 Å². The van der Waals surface area contributed by atoms with Gasteiger partial charge in [-0.1, -0.05) is 6.07 Å². The lowest BCUT2D eigenvalue weighted by Gasteiger charge is -2.44. The van der Waals surface area contributed by atoms with Crippen molar-refractivity contribution in [1.29, 1.82) is 0 Å². The normalized spacial score (nSPS) is 24.7. The standard InChI is InChI=1S/C17H24N2O3S/c1-22-10-5-8-18-13-17(12-15(18)20)7-2-3-9-19(17)16(21)14-6-4-11-23-14/h4,6,11H,2-3,5,7-10,12-13H2,1H3/t17-/m0/s1. The second-order valence-corrected chi connectivity index (χ2v) is 7.40. The van der Waals surface area contributed by atoms with E-state index in [2.05, 4.69) is 0 Å². The first kappa shape index (κ1) is 16.5. The van der Waals surface area contributed by atoms with Crippen LogP contribution in [0.3, 0.4) is 0 Å². The van der Waals surface area contributed by atoms with Crippen molar-refractivity contribution in [1.82, 2.24) is 9.80 Å². The minimum atomic E-state index is -0.302. The Kier molecular flexibility index (Phi) is 5.02. The molecule has 2 fully saturated rings. The molecular formula is C17H24N2O3S. The minimum Gasteiger partial charge on any atom is -0.385 e.